The molecular formula is C11H21BrO3. The Hall–Kier alpha value is 0.360. The first-order valence-electron chi connectivity index (χ1n) is 5.68. The highest BCUT2D eigenvalue weighted by Gasteiger charge is 2.32. The van der Waals surface area contributed by atoms with E-state index in [1.165, 1.54) is 0 Å². The Morgan fingerprint density at radius 2 is 1.93 bits per heavy atom. The van der Waals surface area contributed by atoms with Crippen molar-refractivity contribution in [3.63, 3.8) is 0 Å². The predicted molar refractivity (Wildman–Crippen MR) is 63.6 cm³/mol. The van der Waals surface area contributed by atoms with Crippen molar-refractivity contribution in [2.45, 2.75) is 31.8 Å². The fourth-order valence-corrected chi connectivity index (χ4v) is 2.35. The van der Waals surface area contributed by atoms with E-state index in [1.54, 1.807) is 0 Å². The van der Waals surface area contributed by atoms with E-state index in [4.69, 9.17) is 14.2 Å². The van der Waals surface area contributed by atoms with Crippen molar-refractivity contribution in [2.75, 3.05) is 38.4 Å². The van der Waals surface area contributed by atoms with E-state index in [9.17, 15) is 0 Å². The number of alkyl halides is 1. The van der Waals surface area contributed by atoms with Crippen LogP contribution in [0.5, 0.6) is 0 Å². The maximum Gasteiger partial charge on any atom is 0.0823 e. The SMILES string of the molecule is CCCOCCOC1(CBr)CCOCC1. The zero-order chi connectivity index (χ0) is 11.0. The van der Waals surface area contributed by atoms with Gasteiger partial charge in [-0.15, -0.1) is 0 Å². The molecule has 0 amide bonds. The molecule has 1 heterocycles. The highest BCUT2D eigenvalue weighted by molar-refractivity contribution is 9.09. The van der Waals surface area contributed by atoms with E-state index in [2.05, 4.69) is 22.9 Å². The minimum Gasteiger partial charge on any atom is -0.381 e. The molecule has 0 aliphatic carbocycles. The quantitative estimate of drug-likeness (QED) is 0.529. The van der Waals surface area contributed by atoms with Gasteiger partial charge in [0.05, 0.1) is 18.8 Å². The Kier molecular flexibility index (Phi) is 6.81. The van der Waals surface area contributed by atoms with Crippen LogP contribution in [-0.2, 0) is 14.2 Å². The van der Waals surface area contributed by atoms with E-state index in [0.717, 1.165) is 44.4 Å². The molecule has 0 unspecified atom stereocenters. The van der Waals surface area contributed by atoms with Gasteiger partial charge in [0.2, 0.25) is 0 Å². The van der Waals surface area contributed by atoms with Crippen molar-refractivity contribution in [3.05, 3.63) is 0 Å². The van der Waals surface area contributed by atoms with Crippen LogP contribution in [0.3, 0.4) is 0 Å². The smallest absolute Gasteiger partial charge is 0.0823 e. The molecule has 0 aromatic rings. The van der Waals surface area contributed by atoms with E-state index in [-0.39, 0.29) is 5.60 Å². The van der Waals surface area contributed by atoms with Gasteiger partial charge in [-0.1, -0.05) is 22.9 Å². The van der Waals surface area contributed by atoms with Crippen LogP contribution >= 0.6 is 15.9 Å². The maximum atomic E-state index is 5.91. The molecule has 0 aromatic heterocycles. The number of hydrogen-bond donors (Lipinski definition) is 0. The maximum absolute atomic E-state index is 5.91. The summed E-state index contributed by atoms with van der Waals surface area (Å²) in [7, 11) is 0. The third-order valence-electron chi connectivity index (χ3n) is 2.63. The molecule has 0 N–H and O–H groups in total. The average molecular weight is 281 g/mol. The van der Waals surface area contributed by atoms with E-state index >= 15 is 0 Å². The van der Waals surface area contributed by atoms with Crippen LogP contribution in [0.15, 0.2) is 0 Å². The lowest BCUT2D eigenvalue weighted by Crippen LogP contribution is -2.41. The molecule has 15 heavy (non-hydrogen) atoms. The molecule has 1 rings (SSSR count). The summed E-state index contributed by atoms with van der Waals surface area (Å²) in [6.45, 7) is 5.94. The highest BCUT2D eigenvalue weighted by atomic mass is 79.9. The molecule has 0 spiro atoms. The lowest BCUT2D eigenvalue weighted by atomic mass is 9.97. The average Bonchev–Trinajstić information content (AvgIpc) is 2.30. The molecule has 1 saturated heterocycles. The van der Waals surface area contributed by atoms with Crippen molar-refractivity contribution in [1.82, 2.24) is 0 Å². The third-order valence-corrected chi connectivity index (χ3v) is 3.65. The molecule has 4 heteroatoms. The minimum absolute atomic E-state index is 0.0200. The van der Waals surface area contributed by atoms with Gasteiger partial charge in [0.25, 0.3) is 0 Å². The summed E-state index contributed by atoms with van der Waals surface area (Å²) in [5, 5.41) is 0.886. The Morgan fingerprint density at radius 1 is 1.20 bits per heavy atom. The van der Waals surface area contributed by atoms with E-state index in [1.807, 2.05) is 0 Å². The first-order chi connectivity index (χ1) is 7.33. The van der Waals surface area contributed by atoms with E-state index in [0.29, 0.717) is 13.2 Å². The van der Waals surface area contributed by atoms with Crippen LogP contribution < -0.4 is 0 Å². The first-order valence-corrected chi connectivity index (χ1v) is 6.80. The van der Waals surface area contributed by atoms with Gasteiger partial charge in [0.1, 0.15) is 0 Å². The van der Waals surface area contributed by atoms with Crippen LogP contribution in [0, 0.1) is 0 Å². The van der Waals surface area contributed by atoms with Crippen LogP contribution in [0.4, 0.5) is 0 Å². The van der Waals surface area contributed by atoms with Gasteiger partial charge in [-0.05, 0) is 6.42 Å². The summed E-state index contributed by atoms with van der Waals surface area (Å²) in [6, 6.07) is 0. The molecule has 0 radical (unpaired) electrons. The molecule has 1 aliphatic heterocycles. The molecular weight excluding hydrogens is 260 g/mol. The molecule has 90 valence electrons. The second kappa shape index (κ2) is 7.60. The fourth-order valence-electron chi connectivity index (χ4n) is 1.62. The Morgan fingerprint density at radius 3 is 2.53 bits per heavy atom. The van der Waals surface area contributed by atoms with Gasteiger partial charge < -0.3 is 14.2 Å². The number of hydrogen-bond acceptors (Lipinski definition) is 3. The monoisotopic (exact) mass is 280 g/mol. The van der Waals surface area contributed by atoms with Crippen molar-refractivity contribution in [1.29, 1.82) is 0 Å². The van der Waals surface area contributed by atoms with Gasteiger partial charge in [-0.2, -0.15) is 0 Å². The van der Waals surface area contributed by atoms with Crippen molar-refractivity contribution in [3.8, 4) is 0 Å². The summed E-state index contributed by atoms with van der Waals surface area (Å²) in [6.07, 6.45) is 3.02. The second-order valence-corrected chi connectivity index (χ2v) is 4.45. The summed E-state index contributed by atoms with van der Waals surface area (Å²) >= 11 is 3.53. The Bertz CT molecular complexity index is 158. The summed E-state index contributed by atoms with van der Waals surface area (Å²) < 4.78 is 16.6. The first kappa shape index (κ1) is 13.4. The molecule has 0 aromatic carbocycles. The second-order valence-electron chi connectivity index (χ2n) is 3.89. The third kappa shape index (κ3) is 4.81. The zero-order valence-electron chi connectivity index (χ0n) is 9.47. The largest absolute Gasteiger partial charge is 0.381 e. The summed E-state index contributed by atoms with van der Waals surface area (Å²) in [5.74, 6) is 0. The van der Waals surface area contributed by atoms with Crippen LogP contribution in [0.1, 0.15) is 26.2 Å². The molecule has 1 aliphatic rings. The van der Waals surface area contributed by atoms with Gasteiger partial charge >= 0.3 is 0 Å². The van der Waals surface area contributed by atoms with Crippen molar-refractivity contribution in [2.24, 2.45) is 0 Å². The standard InChI is InChI=1S/C11H21BrO3/c1-2-5-13-8-9-15-11(10-12)3-6-14-7-4-11/h2-10H2,1H3. The van der Waals surface area contributed by atoms with Crippen molar-refractivity contribution < 1.29 is 14.2 Å². The molecule has 0 saturated carbocycles. The van der Waals surface area contributed by atoms with Crippen LogP contribution in [0.2, 0.25) is 0 Å². The highest BCUT2D eigenvalue weighted by Crippen LogP contribution is 2.27. The van der Waals surface area contributed by atoms with Gasteiger partial charge in [-0.25, -0.2) is 0 Å². The summed E-state index contributed by atoms with van der Waals surface area (Å²) in [4.78, 5) is 0. The van der Waals surface area contributed by atoms with Gasteiger partial charge in [0, 0.05) is 38.0 Å². The molecule has 0 bridgehead atoms. The van der Waals surface area contributed by atoms with Gasteiger partial charge in [0.15, 0.2) is 0 Å². The fraction of sp³-hybridized carbons (Fsp3) is 1.00. The normalized spacial score (nSPS) is 20.4. The Labute approximate surface area is 101 Å². The van der Waals surface area contributed by atoms with E-state index < -0.39 is 0 Å². The van der Waals surface area contributed by atoms with Crippen molar-refractivity contribution >= 4 is 15.9 Å². The topological polar surface area (TPSA) is 27.7 Å². The van der Waals surface area contributed by atoms with Crippen LogP contribution in [0.25, 0.3) is 0 Å². The lowest BCUT2D eigenvalue weighted by Gasteiger charge is -2.35. The number of halogens is 1. The number of rotatable bonds is 7. The molecule has 3 nitrogen and oxygen atoms in total. The molecule has 1 fully saturated rings. The lowest BCUT2D eigenvalue weighted by molar-refractivity contribution is -0.107. The van der Waals surface area contributed by atoms with Gasteiger partial charge in [-0.3, -0.25) is 0 Å². The van der Waals surface area contributed by atoms with Crippen LogP contribution in [-0.4, -0.2) is 44.0 Å². The summed E-state index contributed by atoms with van der Waals surface area (Å²) in [5.41, 5.74) is -0.0200. The predicted octanol–water partition coefficient (Wildman–Crippen LogP) is 2.37. The Balaban J connectivity index is 2.15. The minimum atomic E-state index is -0.0200. The number of ether oxygens (including phenoxy) is 3. The zero-order valence-corrected chi connectivity index (χ0v) is 11.1. The molecule has 0 atom stereocenters.